The number of thiophene rings is 1. The highest BCUT2D eigenvalue weighted by Crippen LogP contribution is 2.49. The summed E-state index contributed by atoms with van der Waals surface area (Å²) >= 11 is 1.65. The lowest BCUT2D eigenvalue weighted by Gasteiger charge is -1.96. The smallest absolute Gasteiger partial charge is 0.307 e. The number of carbonyl (C=O) groups is 1. The topological polar surface area (TPSA) is 63.3 Å². The molecule has 106 valence electrons. The second-order valence-electron chi connectivity index (χ2n) is 5.45. The second-order valence-corrected chi connectivity index (χ2v) is 6.36. The molecule has 0 bridgehead atoms. The standard InChI is InChI=1S/C16H13NO3S/c1-8-17-13-3-2-9(4-14(13)20-8)15-5-10(7-21-15)11-6-12(11)16(18)19/h2-5,7,11-12H,6H2,1H3,(H,18,19)/t11-,12+/m0/s1. The number of aliphatic carboxylic acids is 1. The van der Waals surface area contributed by atoms with E-state index in [1.165, 1.54) is 0 Å². The quantitative estimate of drug-likeness (QED) is 0.792. The van der Waals surface area contributed by atoms with E-state index in [1.807, 2.05) is 25.1 Å². The van der Waals surface area contributed by atoms with Gasteiger partial charge >= 0.3 is 5.97 Å². The number of nitrogens with zero attached hydrogens (tertiary/aromatic N) is 1. The lowest BCUT2D eigenvalue weighted by atomic mass is 10.1. The van der Waals surface area contributed by atoms with Gasteiger partial charge in [0, 0.05) is 11.8 Å². The minimum absolute atomic E-state index is 0.184. The molecule has 21 heavy (non-hydrogen) atoms. The number of aromatic nitrogens is 1. The Labute approximate surface area is 125 Å². The molecule has 2 atom stereocenters. The van der Waals surface area contributed by atoms with Gasteiger partial charge in [-0.2, -0.15) is 0 Å². The monoisotopic (exact) mass is 299 g/mol. The zero-order valence-corrected chi connectivity index (χ0v) is 12.2. The first-order valence-corrected chi connectivity index (χ1v) is 7.68. The van der Waals surface area contributed by atoms with Gasteiger partial charge in [-0.15, -0.1) is 11.3 Å². The maximum absolute atomic E-state index is 11.0. The van der Waals surface area contributed by atoms with Crippen molar-refractivity contribution in [2.45, 2.75) is 19.3 Å². The molecule has 5 heteroatoms. The van der Waals surface area contributed by atoms with Crippen LogP contribution in [0.25, 0.3) is 21.5 Å². The zero-order valence-electron chi connectivity index (χ0n) is 11.4. The Morgan fingerprint density at radius 2 is 2.29 bits per heavy atom. The Bertz CT molecular complexity index is 848. The van der Waals surface area contributed by atoms with Gasteiger partial charge in [-0.05, 0) is 47.0 Å². The maximum atomic E-state index is 11.0. The van der Waals surface area contributed by atoms with E-state index in [-0.39, 0.29) is 11.8 Å². The summed E-state index contributed by atoms with van der Waals surface area (Å²) in [5.41, 5.74) is 3.87. The van der Waals surface area contributed by atoms with Gasteiger partial charge in [-0.25, -0.2) is 4.98 Å². The van der Waals surface area contributed by atoms with Crippen LogP contribution in [0, 0.1) is 12.8 Å². The number of carboxylic acid groups (broad SMARTS) is 1. The van der Waals surface area contributed by atoms with Crippen LogP contribution in [-0.2, 0) is 4.79 Å². The fourth-order valence-corrected chi connectivity index (χ4v) is 3.70. The maximum Gasteiger partial charge on any atom is 0.307 e. The number of hydrogen-bond acceptors (Lipinski definition) is 4. The lowest BCUT2D eigenvalue weighted by molar-refractivity contribution is -0.138. The number of benzene rings is 1. The second kappa shape index (κ2) is 4.43. The van der Waals surface area contributed by atoms with Gasteiger partial charge in [0.15, 0.2) is 11.5 Å². The third-order valence-corrected chi connectivity index (χ3v) is 4.93. The Kier molecular flexibility index (Phi) is 2.65. The van der Waals surface area contributed by atoms with E-state index in [0.29, 0.717) is 5.89 Å². The third-order valence-electron chi connectivity index (χ3n) is 3.94. The van der Waals surface area contributed by atoms with Crippen molar-refractivity contribution in [2.24, 2.45) is 5.92 Å². The first-order valence-electron chi connectivity index (χ1n) is 6.80. The molecule has 3 aromatic rings. The number of oxazole rings is 1. The molecular weight excluding hydrogens is 286 g/mol. The van der Waals surface area contributed by atoms with Gasteiger partial charge in [0.05, 0.1) is 5.92 Å². The number of aryl methyl sites for hydroxylation is 1. The van der Waals surface area contributed by atoms with E-state index in [4.69, 9.17) is 9.52 Å². The highest BCUT2D eigenvalue weighted by molar-refractivity contribution is 7.13. The summed E-state index contributed by atoms with van der Waals surface area (Å²) in [5.74, 6) is -0.0433. The van der Waals surface area contributed by atoms with Gasteiger partial charge in [0.2, 0.25) is 0 Å². The molecule has 1 aliphatic rings. The molecule has 0 radical (unpaired) electrons. The van der Waals surface area contributed by atoms with Crippen LogP contribution in [0.3, 0.4) is 0 Å². The van der Waals surface area contributed by atoms with Gasteiger partial charge in [0.25, 0.3) is 0 Å². The SMILES string of the molecule is Cc1nc2ccc(-c3cc([C@@H]4C[C@H]4C(=O)O)cs3)cc2o1. The van der Waals surface area contributed by atoms with Crippen LogP contribution in [0.4, 0.5) is 0 Å². The van der Waals surface area contributed by atoms with Crippen molar-refractivity contribution < 1.29 is 14.3 Å². The van der Waals surface area contributed by atoms with Gasteiger partial charge in [0.1, 0.15) is 5.52 Å². The molecule has 1 N–H and O–H groups in total. The molecule has 1 fully saturated rings. The van der Waals surface area contributed by atoms with Crippen molar-refractivity contribution in [3.05, 3.63) is 41.1 Å². The van der Waals surface area contributed by atoms with Crippen LogP contribution in [0.15, 0.2) is 34.1 Å². The van der Waals surface area contributed by atoms with Crippen molar-refractivity contribution in [3.8, 4) is 10.4 Å². The Morgan fingerprint density at radius 1 is 1.43 bits per heavy atom. The first kappa shape index (κ1) is 12.6. The summed E-state index contributed by atoms with van der Waals surface area (Å²) < 4.78 is 5.56. The summed E-state index contributed by atoms with van der Waals surface area (Å²) in [6, 6.07) is 8.08. The van der Waals surface area contributed by atoms with Crippen molar-refractivity contribution in [1.82, 2.24) is 4.98 Å². The predicted molar refractivity (Wildman–Crippen MR) is 80.5 cm³/mol. The van der Waals surface area contributed by atoms with Gasteiger partial charge < -0.3 is 9.52 Å². The van der Waals surface area contributed by atoms with Crippen molar-refractivity contribution in [1.29, 1.82) is 0 Å². The molecule has 1 aromatic carbocycles. The van der Waals surface area contributed by atoms with E-state index in [9.17, 15) is 4.79 Å². The molecule has 1 aliphatic carbocycles. The highest BCUT2D eigenvalue weighted by atomic mass is 32.1. The lowest BCUT2D eigenvalue weighted by Crippen LogP contribution is -1.98. The summed E-state index contributed by atoms with van der Waals surface area (Å²) in [6.07, 6.45) is 0.756. The fourth-order valence-electron chi connectivity index (χ4n) is 2.73. The van der Waals surface area contributed by atoms with Crippen LogP contribution in [0.1, 0.15) is 23.8 Å². The zero-order chi connectivity index (χ0) is 14.6. The average Bonchev–Trinajstić information content (AvgIpc) is 2.95. The molecule has 0 unspecified atom stereocenters. The molecule has 0 aliphatic heterocycles. The molecule has 2 aromatic heterocycles. The van der Waals surface area contributed by atoms with E-state index in [2.05, 4.69) is 16.4 Å². The van der Waals surface area contributed by atoms with E-state index in [1.54, 1.807) is 11.3 Å². The van der Waals surface area contributed by atoms with Gasteiger partial charge in [-0.3, -0.25) is 4.79 Å². The van der Waals surface area contributed by atoms with Crippen LogP contribution >= 0.6 is 11.3 Å². The van der Waals surface area contributed by atoms with E-state index >= 15 is 0 Å². The summed E-state index contributed by atoms with van der Waals surface area (Å²) in [7, 11) is 0. The number of rotatable bonds is 3. The third kappa shape index (κ3) is 2.14. The molecule has 4 rings (SSSR count). The fraction of sp³-hybridized carbons (Fsp3) is 0.250. The number of fused-ring (bicyclic) bond motifs is 1. The Morgan fingerprint density at radius 3 is 3.05 bits per heavy atom. The minimum atomic E-state index is -0.689. The molecule has 0 spiro atoms. The molecule has 1 saturated carbocycles. The largest absolute Gasteiger partial charge is 0.481 e. The number of hydrogen-bond donors (Lipinski definition) is 1. The minimum Gasteiger partial charge on any atom is -0.481 e. The Hall–Kier alpha value is -2.14. The summed E-state index contributed by atoms with van der Waals surface area (Å²) in [5, 5.41) is 11.1. The first-order chi connectivity index (χ1) is 10.1. The summed E-state index contributed by atoms with van der Waals surface area (Å²) in [6.45, 7) is 1.84. The van der Waals surface area contributed by atoms with Crippen LogP contribution in [0.2, 0.25) is 0 Å². The molecule has 0 saturated heterocycles. The number of carboxylic acids is 1. The predicted octanol–water partition coefficient (Wildman–Crippen LogP) is 4.05. The van der Waals surface area contributed by atoms with Crippen LogP contribution in [0.5, 0.6) is 0 Å². The van der Waals surface area contributed by atoms with E-state index < -0.39 is 5.97 Å². The van der Waals surface area contributed by atoms with Crippen molar-refractivity contribution >= 4 is 28.4 Å². The molecule has 0 amide bonds. The van der Waals surface area contributed by atoms with Crippen LogP contribution in [-0.4, -0.2) is 16.1 Å². The molecule has 2 heterocycles. The Balaban J connectivity index is 1.66. The average molecular weight is 299 g/mol. The molecular formula is C16H13NO3S. The van der Waals surface area contributed by atoms with Crippen molar-refractivity contribution in [2.75, 3.05) is 0 Å². The normalized spacial score (nSPS) is 20.8. The highest BCUT2D eigenvalue weighted by Gasteiger charge is 2.44. The van der Waals surface area contributed by atoms with Crippen LogP contribution < -0.4 is 0 Å². The molecule has 4 nitrogen and oxygen atoms in total. The van der Waals surface area contributed by atoms with Gasteiger partial charge in [-0.1, -0.05) is 6.07 Å². The van der Waals surface area contributed by atoms with E-state index in [0.717, 1.165) is 33.5 Å². The summed E-state index contributed by atoms with van der Waals surface area (Å²) in [4.78, 5) is 16.4. The van der Waals surface area contributed by atoms with Crippen molar-refractivity contribution in [3.63, 3.8) is 0 Å².